The standard InChI is InChI=1S/C8H8BN3O/c1-4-2-5-6(10-3-4)11-8(9)12-7(5)13/h2-3,8H,1H3,(H,10,11)(H,12,13). The summed E-state index contributed by atoms with van der Waals surface area (Å²) in [5.74, 6) is 0.360. The fourth-order valence-corrected chi connectivity index (χ4v) is 1.26. The minimum atomic E-state index is -0.546. The molecule has 1 aliphatic heterocycles. The van der Waals surface area contributed by atoms with E-state index in [0.717, 1.165) is 5.56 Å². The maximum atomic E-state index is 11.4. The molecule has 2 heterocycles. The zero-order valence-corrected chi connectivity index (χ0v) is 7.16. The van der Waals surface area contributed by atoms with Crippen LogP contribution in [0.15, 0.2) is 12.3 Å². The number of anilines is 1. The second kappa shape index (κ2) is 2.76. The summed E-state index contributed by atoms with van der Waals surface area (Å²) < 4.78 is 0. The molecular formula is C8H8BN3O. The van der Waals surface area contributed by atoms with Gasteiger partial charge in [-0.05, 0) is 18.6 Å². The first-order valence-corrected chi connectivity index (χ1v) is 3.96. The number of hydrogen-bond acceptors (Lipinski definition) is 3. The predicted molar refractivity (Wildman–Crippen MR) is 49.6 cm³/mol. The Balaban J connectivity index is 2.49. The third kappa shape index (κ3) is 1.37. The first kappa shape index (κ1) is 8.10. The van der Waals surface area contributed by atoms with Crippen LogP contribution < -0.4 is 10.6 Å². The predicted octanol–water partition coefficient (Wildman–Crippen LogP) is -0.00258. The number of pyridine rings is 1. The van der Waals surface area contributed by atoms with E-state index in [1.165, 1.54) is 0 Å². The Labute approximate surface area is 77.2 Å². The Hall–Kier alpha value is -1.52. The smallest absolute Gasteiger partial charge is 0.255 e. The van der Waals surface area contributed by atoms with Crippen molar-refractivity contribution in [2.45, 2.75) is 13.0 Å². The minimum Gasteiger partial charge on any atom is -0.358 e. The monoisotopic (exact) mass is 173 g/mol. The third-order valence-corrected chi connectivity index (χ3v) is 1.85. The lowest BCUT2D eigenvalue weighted by Crippen LogP contribution is -2.45. The number of carbonyl (C=O) groups is 1. The number of nitrogens with zero attached hydrogens (tertiary/aromatic N) is 1. The van der Waals surface area contributed by atoms with Crippen LogP contribution in [0.5, 0.6) is 0 Å². The zero-order chi connectivity index (χ0) is 9.42. The quantitative estimate of drug-likeness (QED) is 0.542. The summed E-state index contributed by atoms with van der Waals surface area (Å²) in [5.41, 5.74) is 1.49. The SMILES string of the molecule is [B]C1NC(=O)c2cc(C)cnc2N1. The lowest BCUT2D eigenvalue weighted by atomic mass is 10.0. The van der Waals surface area contributed by atoms with Gasteiger partial charge in [0.1, 0.15) is 13.7 Å². The number of rotatable bonds is 0. The van der Waals surface area contributed by atoms with E-state index in [2.05, 4.69) is 15.6 Å². The van der Waals surface area contributed by atoms with Crippen molar-refractivity contribution in [2.75, 3.05) is 5.32 Å². The van der Waals surface area contributed by atoms with Gasteiger partial charge in [-0.15, -0.1) is 0 Å². The molecule has 1 aliphatic rings. The number of nitrogens with one attached hydrogen (secondary N) is 2. The molecule has 0 fully saturated rings. The molecule has 1 unspecified atom stereocenters. The van der Waals surface area contributed by atoms with Gasteiger partial charge < -0.3 is 10.6 Å². The molecule has 0 saturated carbocycles. The molecule has 0 saturated heterocycles. The van der Waals surface area contributed by atoms with Crippen molar-refractivity contribution in [1.29, 1.82) is 0 Å². The largest absolute Gasteiger partial charge is 0.358 e. The molecule has 1 amide bonds. The van der Waals surface area contributed by atoms with Crippen LogP contribution in [-0.4, -0.2) is 24.8 Å². The highest BCUT2D eigenvalue weighted by Gasteiger charge is 2.20. The van der Waals surface area contributed by atoms with Crippen LogP contribution in [0.3, 0.4) is 0 Å². The minimum absolute atomic E-state index is 0.183. The molecule has 0 bridgehead atoms. The molecule has 1 aromatic rings. The molecule has 0 aromatic carbocycles. The van der Waals surface area contributed by atoms with Crippen molar-refractivity contribution in [3.8, 4) is 0 Å². The van der Waals surface area contributed by atoms with Crippen LogP contribution in [0.1, 0.15) is 15.9 Å². The number of hydrogen-bond donors (Lipinski definition) is 2. The van der Waals surface area contributed by atoms with Crippen molar-refractivity contribution in [3.63, 3.8) is 0 Å². The van der Waals surface area contributed by atoms with Crippen molar-refractivity contribution >= 4 is 19.6 Å². The maximum Gasteiger partial charge on any atom is 0.255 e. The van der Waals surface area contributed by atoms with Crippen LogP contribution in [-0.2, 0) is 0 Å². The lowest BCUT2D eigenvalue weighted by molar-refractivity contribution is 0.0947. The lowest BCUT2D eigenvalue weighted by Gasteiger charge is -2.24. The Bertz CT molecular complexity index is 366. The molecule has 4 nitrogen and oxygen atoms in total. The maximum absolute atomic E-state index is 11.4. The summed E-state index contributed by atoms with van der Waals surface area (Å²) in [6, 6.07) is 1.23. The van der Waals surface area contributed by atoms with Crippen LogP contribution in [0, 0.1) is 6.92 Å². The van der Waals surface area contributed by atoms with Gasteiger partial charge in [0.15, 0.2) is 0 Å². The van der Waals surface area contributed by atoms with Gasteiger partial charge in [0.2, 0.25) is 0 Å². The van der Waals surface area contributed by atoms with Crippen LogP contribution in [0.2, 0.25) is 0 Å². The summed E-state index contributed by atoms with van der Waals surface area (Å²) in [6.45, 7) is 1.88. The molecule has 13 heavy (non-hydrogen) atoms. The Morgan fingerprint density at radius 3 is 3.08 bits per heavy atom. The van der Waals surface area contributed by atoms with E-state index >= 15 is 0 Å². The van der Waals surface area contributed by atoms with Gasteiger partial charge in [0.25, 0.3) is 5.91 Å². The molecule has 1 aromatic heterocycles. The van der Waals surface area contributed by atoms with Gasteiger partial charge >= 0.3 is 0 Å². The number of aryl methyl sites for hydroxylation is 1. The van der Waals surface area contributed by atoms with Crippen molar-refractivity contribution in [2.24, 2.45) is 0 Å². The van der Waals surface area contributed by atoms with E-state index in [4.69, 9.17) is 7.85 Å². The molecule has 2 rings (SSSR count). The zero-order valence-electron chi connectivity index (χ0n) is 7.16. The van der Waals surface area contributed by atoms with E-state index in [1.54, 1.807) is 12.3 Å². The van der Waals surface area contributed by atoms with E-state index in [-0.39, 0.29) is 5.91 Å². The number of carbonyl (C=O) groups excluding carboxylic acids is 1. The summed E-state index contributed by atoms with van der Waals surface area (Å²) in [4.78, 5) is 15.4. The molecular weight excluding hydrogens is 165 g/mol. The Kier molecular flexibility index (Phi) is 1.72. The van der Waals surface area contributed by atoms with Crippen LogP contribution >= 0.6 is 0 Å². The molecule has 5 heteroatoms. The van der Waals surface area contributed by atoms with Crippen LogP contribution in [0.25, 0.3) is 0 Å². The molecule has 0 aliphatic carbocycles. The van der Waals surface area contributed by atoms with Crippen molar-refractivity contribution in [1.82, 2.24) is 10.3 Å². The summed E-state index contributed by atoms with van der Waals surface area (Å²) in [6.07, 6.45) is 1.69. The van der Waals surface area contributed by atoms with Gasteiger partial charge in [-0.2, -0.15) is 0 Å². The van der Waals surface area contributed by atoms with Gasteiger partial charge in [0.05, 0.1) is 11.6 Å². The summed E-state index contributed by atoms with van der Waals surface area (Å²) in [7, 11) is 5.49. The van der Waals surface area contributed by atoms with E-state index in [1.807, 2.05) is 6.92 Å². The molecule has 64 valence electrons. The van der Waals surface area contributed by atoms with E-state index in [9.17, 15) is 4.79 Å². The van der Waals surface area contributed by atoms with Gasteiger partial charge in [-0.1, -0.05) is 0 Å². The first-order valence-electron chi connectivity index (χ1n) is 3.96. The van der Waals surface area contributed by atoms with E-state index < -0.39 is 6.07 Å². The Morgan fingerprint density at radius 1 is 1.54 bits per heavy atom. The van der Waals surface area contributed by atoms with Crippen LogP contribution in [0.4, 0.5) is 5.82 Å². The molecule has 1 atom stereocenters. The topological polar surface area (TPSA) is 54.0 Å². The number of aromatic nitrogens is 1. The highest BCUT2D eigenvalue weighted by atomic mass is 16.2. The van der Waals surface area contributed by atoms with E-state index in [0.29, 0.717) is 11.4 Å². The normalized spacial score (nSPS) is 20.1. The van der Waals surface area contributed by atoms with Crippen molar-refractivity contribution < 1.29 is 4.79 Å². The molecule has 0 spiro atoms. The second-order valence-corrected chi connectivity index (χ2v) is 3.00. The van der Waals surface area contributed by atoms with Gasteiger partial charge in [-0.25, -0.2) is 4.98 Å². The Morgan fingerprint density at radius 2 is 2.31 bits per heavy atom. The fraction of sp³-hybridized carbons (Fsp3) is 0.250. The number of amides is 1. The number of fused-ring (bicyclic) bond motifs is 1. The first-order chi connectivity index (χ1) is 6.16. The fourth-order valence-electron chi connectivity index (χ4n) is 1.26. The van der Waals surface area contributed by atoms with Gasteiger partial charge in [-0.3, -0.25) is 4.79 Å². The molecule has 2 N–H and O–H groups in total. The average molecular weight is 173 g/mol. The highest BCUT2D eigenvalue weighted by Crippen LogP contribution is 2.17. The second-order valence-electron chi connectivity index (χ2n) is 3.00. The highest BCUT2D eigenvalue weighted by molar-refractivity contribution is 6.17. The van der Waals surface area contributed by atoms with Gasteiger partial charge in [0, 0.05) is 6.20 Å². The summed E-state index contributed by atoms with van der Waals surface area (Å²) in [5, 5.41) is 5.40. The summed E-state index contributed by atoms with van der Waals surface area (Å²) >= 11 is 0. The third-order valence-electron chi connectivity index (χ3n) is 1.85. The average Bonchev–Trinajstić information content (AvgIpc) is 2.06. The molecule has 2 radical (unpaired) electrons. The van der Waals surface area contributed by atoms with Crippen molar-refractivity contribution in [3.05, 3.63) is 23.4 Å².